The summed E-state index contributed by atoms with van der Waals surface area (Å²) in [5, 5.41) is 19.5. The predicted molar refractivity (Wildman–Crippen MR) is 73.8 cm³/mol. The highest BCUT2D eigenvalue weighted by Crippen LogP contribution is 2.28. The predicted octanol–water partition coefficient (Wildman–Crippen LogP) is 2.19. The van der Waals surface area contributed by atoms with Crippen LogP contribution in [0.25, 0.3) is 0 Å². The molecule has 1 aliphatic rings. The van der Waals surface area contributed by atoms with Gasteiger partial charge in [0.15, 0.2) is 5.78 Å². The molecule has 0 aliphatic heterocycles. The Morgan fingerprint density at radius 2 is 1.74 bits per heavy atom. The SMILES string of the molecule is O=C1/C=C\CCC(c2ccccc2)CCC(O)C1O. The molecule has 3 atom stereocenters. The van der Waals surface area contributed by atoms with Crippen molar-refractivity contribution in [3.8, 4) is 0 Å². The molecule has 0 saturated carbocycles. The summed E-state index contributed by atoms with van der Waals surface area (Å²) in [6, 6.07) is 10.2. The number of carbonyl (C=O) groups excluding carboxylic acids is 1. The van der Waals surface area contributed by atoms with E-state index in [9.17, 15) is 15.0 Å². The van der Waals surface area contributed by atoms with Gasteiger partial charge in [0.25, 0.3) is 0 Å². The van der Waals surface area contributed by atoms with Crippen molar-refractivity contribution >= 4 is 5.78 Å². The fourth-order valence-electron chi connectivity index (χ4n) is 2.52. The molecule has 0 bridgehead atoms. The van der Waals surface area contributed by atoms with Crippen LogP contribution >= 0.6 is 0 Å². The Hall–Kier alpha value is -1.45. The molecule has 0 fully saturated rings. The fourth-order valence-corrected chi connectivity index (χ4v) is 2.52. The van der Waals surface area contributed by atoms with Crippen LogP contribution in [0.3, 0.4) is 0 Å². The Morgan fingerprint density at radius 3 is 2.47 bits per heavy atom. The third-order valence-electron chi connectivity index (χ3n) is 3.70. The van der Waals surface area contributed by atoms with Crippen molar-refractivity contribution in [3.05, 3.63) is 48.0 Å². The summed E-state index contributed by atoms with van der Waals surface area (Å²) >= 11 is 0. The molecule has 0 heterocycles. The van der Waals surface area contributed by atoms with Gasteiger partial charge in [0.1, 0.15) is 6.10 Å². The van der Waals surface area contributed by atoms with Crippen LogP contribution in [0, 0.1) is 0 Å². The fraction of sp³-hybridized carbons (Fsp3) is 0.438. The van der Waals surface area contributed by atoms with E-state index >= 15 is 0 Å². The lowest BCUT2D eigenvalue weighted by Crippen LogP contribution is -2.33. The van der Waals surface area contributed by atoms with Gasteiger partial charge in [-0.3, -0.25) is 4.79 Å². The average Bonchev–Trinajstić information content (AvgIpc) is 2.45. The number of hydrogen-bond acceptors (Lipinski definition) is 3. The van der Waals surface area contributed by atoms with Gasteiger partial charge in [-0.1, -0.05) is 36.4 Å². The first-order chi connectivity index (χ1) is 9.18. The Kier molecular flexibility index (Phi) is 4.88. The molecule has 0 spiro atoms. The van der Waals surface area contributed by atoms with Crippen LogP contribution in [-0.2, 0) is 4.79 Å². The molecule has 3 heteroatoms. The minimum atomic E-state index is -1.29. The summed E-state index contributed by atoms with van der Waals surface area (Å²) in [7, 11) is 0. The number of allylic oxidation sites excluding steroid dienone is 1. The lowest BCUT2D eigenvalue weighted by molar-refractivity contribution is -0.128. The zero-order valence-electron chi connectivity index (χ0n) is 10.9. The van der Waals surface area contributed by atoms with Gasteiger partial charge >= 0.3 is 0 Å². The second-order valence-electron chi connectivity index (χ2n) is 5.08. The summed E-state index contributed by atoms with van der Waals surface area (Å²) in [6.45, 7) is 0. The summed E-state index contributed by atoms with van der Waals surface area (Å²) in [6.07, 6.45) is 3.92. The van der Waals surface area contributed by atoms with Crippen LogP contribution in [-0.4, -0.2) is 28.2 Å². The molecule has 3 nitrogen and oxygen atoms in total. The molecular formula is C16H20O3. The highest BCUT2D eigenvalue weighted by molar-refractivity contribution is 5.93. The third kappa shape index (κ3) is 3.75. The van der Waals surface area contributed by atoms with Gasteiger partial charge in [-0.25, -0.2) is 0 Å². The summed E-state index contributed by atoms with van der Waals surface area (Å²) in [5.74, 6) is -0.0356. The maximum atomic E-state index is 11.5. The Morgan fingerprint density at radius 1 is 1.00 bits per heavy atom. The van der Waals surface area contributed by atoms with Gasteiger partial charge in [0.05, 0.1) is 6.10 Å². The van der Waals surface area contributed by atoms with Crippen molar-refractivity contribution in [1.29, 1.82) is 0 Å². The number of rotatable bonds is 1. The number of carbonyl (C=O) groups is 1. The zero-order chi connectivity index (χ0) is 13.7. The van der Waals surface area contributed by atoms with Crippen LogP contribution in [0.15, 0.2) is 42.5 Å². The van der Waals surface area contributed by atoms with Crippen LogP contribution in [0.1, 0.15) is 37.2 Å². The van der Waals surface area contributed by atoms with Gasteiger partial charge in [0, 0.05) is 0 Å². The molecule has 0 saturated heterocycles. The summed E-state index contributed by atoms with van der Waals surface area (Å²) in [5.41, 5.74) is 1.25. The van der Waals surface area contributed by atoms with E-state index < -0.39 is 18.0 Å². The van der Waals surface area contributed by atoms with E-state index in [0.717, 1.165) is 19.3 Å². The smallest absolute Gasteiger partial charge is 0.186 e. The molecule has 2 rings (SSSR count). The topological polar surface area (TPSA) is 57.5 Å². The van der Waals surface area contributed by atoms with Gasteiger partial charge in [-0.15, -0.1) is 0 Å². The van der Waals surface area contributed by atoms with Gasteiger partial charge in [0.2, 0.25) is 0 Å². The lowest BCUT2D eigenvalue weighted by Gasteiger charge is -2.22. The van der Waals surface area contributed by atoms with Crippen molar-refractivity contribution in [3.63, 3.8) is 0 Å². The Balaban J connectivity index is 2.12. The van der Waals surface area contributed by atoms with E-state index in [2.05, 4.69) is 12.1 Å². The zero-order valence-corrected chi connectivity index (χ0v) is 10.9. The van der Waals surface area contributed by atoms with E-state index in [0.29, 0.717) is 12.3 Å². The molecule has 0 amide bonds. The van der Waals surface area contributed by atoms with E-state index in [1.807, 2.05) is 18.2 Å². The molecule has 102 valence electrons. The van der Waals surface area contributed by atoms with Crippen molar-refractivity contribution in [2.45, 2.75) is 43.8 Å². The van der Waals surface area contributed by atoms with Crippen LogP contribution in [0.5, 0.6) is 0 Å². The number of hydrogen-bond donors (Lipinski definition) is 2. The summed E-state index contributed by atoms with van der Waals surface area (Å²) in [4.78, 5) is 11.5. The molecule has 19 heavy (non-hydrogen) atoms. The first kappa shape index (κ1) is 14.0. The van der Waals surface area contributed by atoms with Gasteiger partial charge < -0.3 is 10.2 Å². The second-order valence-corrected chi connectivity index (χ2v) is 5.08. The van der Waals surface area contributed by atoms with E-state index in [1.54, 1.807) is 6.08 Å². The standard InChI is InChI=1S/C16H20O3/c17-14-9-5-4-8-13(10-11-15(18)16(14)19)12-6-2-1-3-7-12/h1-3,5-7,9,13,15-16,18-19H,4,8,10-11H2/b9-5-. The first-order valence-corrected chi connectivity index (χ1v) is 6.80. The lowest BCUT2D eigenvalue weighted by atomic mass is 9.87. The highest BCUT2D eigenvalue weighted by atomic mass is 16.3. The third-order valence-corrected chi connectivity index (χ3v) is 3.70. The molecule has 1 aromatic carbocycles. The van der Waals surface area contributed by atoms with Crippen LogP contribution < -0.4 is 0 Å². The van der Waals surface area contributed by atoms with Crippen molar-refractivity contribution in [1.82, 2.24) is 0 Å². The van der Waals surface area contributed by atoms with Gasteiger partial charge in [-0.2, -0.15) is 0 Å². The van der Waals surface area contributed by atoms with Crippen molar-refractivity contribution in [2.24, 2.45) is 0 Å². The minimum Gasteiger partial charge on any atom is -0.390 e. The monoisotopic (exact) mass is 260 g/mol. The maximum Gasteiger partial charge on any atom is 0.186 e. The number of benzene rings is 1. The van der Waals surface area contributed by atoms with Crippen molar-refractivity contribution in [2.75, 3.05) is 0 Å². The van der Waals surface area contributed by atoms with E-state index in [4.69, 9.17) is 0 Å². The molecule has 2 N–H and O–H groups in total. The Bertz CT molecular complexity index is 439. The number of aliphatic hydroxyl groups excluding tert-OH is 2. The summed E-state index contributed by atoms with van der Waals surface area (Å²) < 4.78 is 0. The quantitative estimate of drug-likeness (QED) is 0.813. The molecule has 1 aromatic rings. The average molecular weight is 260 g/mol. The Labute approximate surface area is 113 Å². The first-order valence-electron chi connectivity index (χ1n) is 6.80. The number of aliphatic hydroxyl groups is 2. The number of ketones is 1. The molecule has 0 aromatic heterocycles. The molecule has 0 radical (unpaired) electrons. The second kappa shape index (κ2) is 6.64. The van der Waals surface area contributed by atoms with E-state index in [-0.39, 0.29) is 0 Å². The minimum absolute atomic E-state index is 0.362. The van der Waals surface area contributed by atoms with E-state index in [1.165, 1.54) is 11.6 Å². The van der Waals surface area contributed by atoms with Gasteiger partial charge in [-0.05, 0) is 43.2 Å². The molecule has 3 unspecified atom stereocenters. The van der Waals surface area contributed by atoms with Crippen molar-refractivity contribution < 1.29 is 15.0 Å². The maximum absolute atomic E-state index is 11.5. The van der Waals surface area contributed by atoms with Crippen LogP contribution in [0.4, 0.5) is 0 Å². The van der Waals surface area contributed by atoms with Crippen LogP contribution in [0.2, 0.25) is 0 Å². The normalized spacial score (nSPS) is 30.8. The largest absolute Gasteiger partial charge is 0.390 e. The molecule has 1 aliphatic carbocycles. The highest BCUT2D eigenvalue weighted by Gasteiger charge is 2.24. The molecular weight excluding hydrogens is 240 g/mol.